The molecule has 2 aromatic carbocycles. The van der Waals surface area contributed by atoms with Crippen molar-refractivity contribution in [2.24, 2.45) is 7.05 Å². The van der Waals surface area contributed by atoms with Crippen molar-refractivity contribution in [3.05, 3.63) is 67.6 Å². The van der Waals surface area contributed by atoms with E-state index in [-0.39, 0.29) is 21.7 Å². The fourth-order valence-electron chi connectivity index (χ4n) is 2.73. The number of nitro benzene ring substituents is 1. The van der Waals surface area contributed by atoms with Gasteiger partial charge in [-0.3, -0.25) is 19.6 Å². The van der Waals surface area contributed by atoms with E-state index in [4.69, 9.17) is 11.6 Å². The van der Waals surface area contributed by atoms with Crippen LogP contribution in [0.1, 0.15) is 41.0 Å². The lowest BCUT2D eigenvalue weighted by Crippen LogP contribution is -2.10. The molecule has 3 aromatic rings. The van der Waals surface area contributed by atoms with E-state index in [0.29, 0.717) is 11.1 Å². The number of fused-ring (bicyclic) bond motifs is 1. The number of hydrogen-bond donors (Lipinski definition) is 0. The lowest BCUT2D eigenvalue weighted by atomic mass is 9.94. The first kappa shape index (κ1) is 21.0. The van der Waals surface area contributed by atoms with Gasteiger partial charge in [0.15, 0.2) is 0 Å². The van der Waals surface area contributed by atoms with E-state index >= 15 is 0 Å². The normalized spacial score (nSPS) is 10.2. The number of nitro groups is 1. The van der Waals surface area contributed by atoms with Crippen LogP contribution in [0.15, 0.2) is 24.3 Å². The van der Waals surface area contributed by atoms with Crippen LogP contribution in [0.4, 0.5) is 10.1 Å². The number of halogens is 2. The van der Waals surface area contributed by atoms with Crippen LogP contribution in [0.5, 0.6) is 0 Å². The first-order valence-electron chi connectivity index (χ1n) is 8.30. The third kappa shape index (κ3) is 3.44. The molecule has 3 rings (SSSR count). The predicted octanol–water partition coefficient (Wildman–Crippen LogP) is 4.71. The van der Waals surface area contributed by atoms with Crippen LogP contribution in [0.25, 0.3) is 10.9 Å². The Morgan fingerprint density at radius 1 is 1.36 bits per heavy atom. The molecule has 144 valence electrons. The molecule has 0 bridgehead atoms. The van der Waals surface area contributed by atoms with E-state index in [1.807, 2.05) is 19.9 Å². The fraction of sp³-hybridized carbons (Fsp3) is 0.211. The summed E-state index contributed by atoms with van der Waals surface area (Å²) in [6, 6.07) is 6.12. The summed E-state index contributed by atoms with van der Waals surface area (Å²) in [6.45, 7) is 5.69. The van der Waals surface area contributed by atoms with Crippen molar-refractivity contribution in [2.75, 3.05) is 0 Å². The maximum absolute atomic E-state index is 13.5. The van der Waals surface area contributed by atoms with Crippen LogP contribution in [0.2, 0.25) is 5.02 Å². The topological polar surface area (TPSA) is 102 Å². The van der Waals surface area contributed by atoms with E-state index in [9.17, 15) is 24.6 Å². The highest BCUT2D eigenvalue weighted by atomic mass is 35.5. The molecule has 0 fully saturated rings. The van der Waals surface area contributed by atoms with E-state index in [0.717, 1.165) is 12.1 Å². The highest BCUT2D eigenvalue weighted by Gasteiger charge is 2.31. The zero-order valence-corrected chi connectivity index (χ0v) is 16.3. The zero-order valence-electron chi connectivity index (χ0n) is 15.6. The molecular weight excluding hydrogens is 387 g/mol. The molecule has 0 radical (unpaired) electrons. The maximum atomic E-state index is 13.5. The molecule has 0 saturated heterocycles. The average Bonchev–Trinajstić information content (AvgIpc) is 2.97. The number of aryl methyl sites for hydroxylation is 2. The molecule has 0 unspecified atom stereocenters. The number of benzene rings is 2. The van der Waals surface area contributed by atoms with E-state index in [1.54, 1.807) is 14.0 Å². The number of carbonyl (C=O) groups excluding carboxylic acids is 1. The second kappa shape index (κ2) is 8.15. The van der Waals surface area contributed by atoms with Gasteiger partial charge < -0.3 is 0 Å². The van der Waals surface area contributed by atoms with E-state index in [2.05, 4.69) is 5.10 Å². The maximum Gasteiger partial charge on any atom is 0.282 e. The van der Waals surface area contributed by atoms with Gasteiger partial charge in [0.1, 0.15) is 23.0 Å². The standard InChI is InChI=1S/C17H10ClFN4O3.C2H6/c1-8-10-6-14(23(25)26)15(12(7-20)16(10)21-22(8)2)17(24)11-5-9(19)3-4-13(11)18;1-2/h3-6H,1-2H3;1-2H3. The molecule has 0 N–H and O–H groups in total. The zero-order chi connectivity index (χ0) is 21.2. The summed E-state index contributed by atoms with van der Waals surface area (Å²) in [5.74, 6) is -1.64. The number of carbonyl (C=O) groups is 1. The lowest BCUT2D eigenvalue weighted by Gasteiger charge is -2.07. The van der Waals surface area contributed by atoms with E-state index in [1.165, 1.54) is 16.8 Å². The van der Waals surface area contributed by atoms with Crippen molar-refractivity contribution < 1.29 is 14.1 Å². The summed E-state index contributed by atoms with van der Waals surface area (Å²) < 4.78 is 15.0. The number of ketones is 1. The van der Waals surface area contributed by atoms with Gasteiger partial charge in [0, 0.05) is 29.8 Å². The fourth-order valence-corrected chi connectivity index (χ4v) is 2.93. The van der Waals surface area contributed by atoms with Gasteiger partial charge in [-0.1, -0.05) is 25.4 Å². The average molecular weight is 403 g/mol. The van der Waals surface area contributed by atoms with Crippen LogP contribution in [-0.4, -0.2) is 20.5 Å². The summed E-state index contributed by atoms with van der Waals surface area (Å²) in [7, 11) is 1.62. The van der Waals surface area contributed by atoms with Gasteiger partial charge in [0.2, 0.25) is 5.78 Å². The molecule has 0 aliphatic heterocycles. The molecule has 0 saturated carbocycles. The minimum absolute atomic E-state index is 0.0770. The predicted molar refractivity (Wildman–Crippen MR) is 103 cm³/mol. The van der Waals surface area contributed by atoms with Gasteiger partial charge in [-0.2, -0.15) is 10.4 Å². The summed E-state index contributed by atoms with van der Waals surface area (Å²) >= 11 is 5.96. The summed E-state index contributed by atoms with van der Waals surface area (Å²) in [6.07, 6.45) is 0. The molecule has 0 atom stereocenters. The number of nitrogens with zero attached hydrogens (tertiary/aromatic N) is 4. The van der Waals surface area contributed by atoms with Gasteiger partial charge in [-0.05, 0) is 25.1 Å². The Bertz CT molecular complexity index is 1150. The van der Waals surface area contributed by atoms with Crippen molar-refractivity contribution in [3.63, 3.8) is 0 Å². The van der Waals surface area contributed by atoms with Crippen LogP contribution < -0.4 is 0 Å². The molecule has 0 aliphatic rings. The third-order valence-electron chi connectivity index (χ3n) is 4.11. The first-order chi connectivity index (χ1) is 13.3. The van der Waals surface area contributed by atoms with Gasteiger partial charge in [-0.15, -0.1) is 0 Å². The summed E-state index contributed by atoms with van der Waals surface area (Å²) in [5, 5.41) is 25.6. The van der Waals surface area contributed by atoms with Crippen molar-refractivity contribution in [1.82, 2.24) is 9.78 Å². The molecule has 0 spiro atoms. The van der Waals surface area contributed by atoms with Crippen LogP contribution >= 0.6 is 11.6 Å². The Balaban J connectivity index is 0.00000136. The summed E-state index contributed by atoms with van der Waals surface area (Å²) in [5.41, 5.74) is -0.774. The van der Waals surface area contributed by atoms with Gasteiger partial charge >= 0.3 is 0 Å². The number of aromatic nitrogens is 2. The van der Waals surface area contributed by atoms with Crippen molar-refractivity contribution >= 4 is 34.0 Å². The van der Waals surface area contributed by atoms with E-state index < -0.39 is 27.8 Å². The van der Waals surface area contributed by atoms with Crippen molar-refractivity contribution in [1.29, 1.82) is 5.26 Å². The van der Waals surface area contributed by atoms with Crippen LogP contribution in [0, 0.1) is 34.2 Å². The smallest absolute Gasteiger partial charge is 0.282 e. The molecule has 1 aromatic heterocycles. The number of rotatable bonds is 3. The molecule has 0 aliphatic carbocycles. The molecule has 28 heavy (non-hydrogen) atoms. The number of hydrogen-bond acceptors (Lipinski definition) is 5. The largest absolute Gasteiger partial charge is 0.288 e. The molecule has 7 nitrogen and oxygen atoms in total. The van der Waals surface area contributed by atoms with Crippen molar-refractivity contribution in [2.45, 2.75) is 20.8 Å². The second-order valence-electron chi connectivity index (χ2n) is 5.57. The second-order valence-corrected chi connectivity index (χ2v) is 5.98. The molecular formula is C19H16ClFN4O3. The highest BCUT2D eigenvalue weighted by molar-refractivity contribution is 6.35. The SMILES string of the molecule is CC.Cc1c2cc([N+](=O)[O-])c(C(=O)c3cc(F)ccc3Cl)c(C#N)c2nn1C. The molecule has 9 heteroatoms. The minimum atomic E-state index is -0.914. The summed E-state index contributed by atoms with van der Waals surface area (Å²) in [4.78, 5) is 23.7. The number of nitriles is 1. The lowest BCUT2D eigenvalue weighted by molar-refractivity contribution is -0.385. The van der Waals surface area contributed by atoms with Gasteiger partial charge in [0.25, 0.3) is 5.69 Å². The van der Waals surface area contributed by atoms with Gasteiger partial charge in [0.05, 0.1) is 15.5 Å². The molecule has 1 heterocycles. The Morgan fingerprint density at radius 3 is 2.57 bits per heavy atom. The molecule has 0 amide bonds. The monoisotopic (exact) mass is 402 g/mol. The van der Waals surface area contributed by atoms with Crippen molar-refractivity contribution in [3.8, 4) is 6.07 Å². The minimum Gasteiger partial charge on any atom is -0.288 e. The Labute approximate surface area is 165 Å². The third-order valence-corrected chi connectivity index (χ3v) is 4.44. The Hall–Kier alpha value is -3.31. The first-order valence-corrected chi connectivity index (χ1v) is 8.68. The van der Waals surface area contributed by atoms with Crippen LogP contribution in [0.3, 0.4) is 0 Å². The highest BCUT2D eigenvalue weighted by Crippen LogP contribution is 2.34. The van der Waals surface area contributed by atoms with Crippen LogP contribution in [-0.2, 0) is 7.05 Å². The Kier molecular flexibility index (Phi) is 6.11. The van der Waals surface area contributed by atoms with Gasteiger partial charge in [-0.25, -0.2) is 4.39 Å². The Morgan fingerprint density at radius 2 is 2.00 bits per heavy atom. The quantitative estimate of drug-likeness (QED) is 0.358.